The van der Waals surface area contributed by atoms with Gasteiger partial charge in [0.25, 0.3) is 0 Å². The van der Waals surface area contributed by atoms with Crippen LogP contribution in [0.25, 0.3) is 22.0 Å². The number of hydrogen-bond donors (Lipinski definition) is 0. The first-order valence-corrected chi connectivity index (χ1v) is 11.1. The molecule has 2 heterocycles. The van der Waals surface area contributed by atoms with Crippen molar-refractivity contribution in [2.24, 2.45) is 0 Å². The van der Waals surface area contributed by atoms with Gasteiger partial charge in [0.1, 0.15) is 10.6 Å². The molecule has 4 aromatic rings. The molecule has 0 N–H and O–H groups in total. The Hall–Kier alpha value is -3.17. The van der Waals surface area contributed by atoms with Gasteiger partial charge in [0.05, 0.1) is 6.61 Å². The van der Waals surface area contributed by atoms with E-state index in [4.69, 9.17) is 4.74 Å². The Morgan fingerprint density at radius 1 is 1.06 bits per heavy atom. The summed E-state index contributed by atoms with van der Waals surface area (Å²) in [6, 6.07) is 17.4. The first-order chi connectivity index (χ1) is 15.1. The summed E-state index contributed by atoms with van der Waals surface area (Å²) in [6.45, 7) is 2.02. The molecule has 0 fully saturated rings. The van der Waals surface area contributed by atoms with Crippen molar-refractivity contribution < 1.29 is 9.53 Å². The molecule has 0 spiro atoms. The number of halogens is 1. The molecule has 0 radical (unpaired) electrons. The monoisotopic (exact) mass is 495 g/mol. The van der Waals surface area contributed by atoms with E-state index in [0.29, 0.717) is 16.8 Å². The maximum Gasteiger partial charge on any atom is 0.343 e. The molecule has 4 rings (SSSR count). The lowest BCUT2D eigenvalue weighted by molar-refractivity contribution is 0.0526. The van der Waals surface area contributed by atoms with Crippen molar-refractivity contribution in [3.05, 3.63) is 70.8 Å². The largest absolute Gasteiger partial charge is 0.462 e. The summed E-state index contributed by atoms with van der Waals surface area (Å²) in [6.07, 6.45) is 1.50. The van der Waals surface area contributed by atoms with E-state index in [-0.39, 0.29) is 12.2 Å². The van der Waals surface area contributed by atoms with Gasteiger partial charge in [0.15, 0.2) is 11.6 Å². The average Bonchev–Trinajstić information content (AvgIpc) is 3.30. The van der Waals surface area contributed by atoms with Crippen LogP contribution in [0.3, 0.4) is 0 Å². The van der Waals surface area contributed by atoms with Gasteiger partial charge in [0, 0.05) is 28.8 Å². The van der Waals surface area contributed by atoms with Crippen molar-refractivity contribution in [3.63, 3.8) is 0 Å². The number of hydrogen-bond acceptors (Lipinski definition) is 8. The normalized spacial score (nSPS) is 10.7. The Balaban J connectivity index is 1.74. The summed E-state index contributed by atoms with van der Waals surface area (Å²) in [5, 5.41) is 9.98. The molecule has 0 aliphatic carbocycles. The molecule has 0 aliphatic rings. The zero-order chi connectivity index (χ0) is 21.8. The molecule has 0 aliphatic heterocycles. The fourth-order valence-corrected chi connectivity index (χ4v) is 3.94. The molecular weight excluding hydrogens is 478 g/mol. The van der Waals surface area contributed by atoms with E-state index in [9.17, 15) is 4.79 Å². The van der Waals surface area contributed by atoms with Crippen molar-refractivity contribution in [2.75, 3.05) is 18.6 Å². The lowest BCUT2D eigenvalue weighted by Gasteiger charge is -2.18. The highest BCUT2D eigenvalue weighted by Crippen LogP contribution is 2.33. The molecule has 0 atom stereocenters. The van der Waals surface area contributed by atoms with Crippen LogP contribution in [0.5, 0.6) is 0 Å². The maximum atomic E-state index is 12.5. The van der Waals surface area contributed by atoms with E-state index < -0.39 is 5.97 Å². The van der Waals surface area contributed by atoms with Gasteiger partial charge >= 0.3 is 5.97 Å². The summed E-state index contributed by atoms with van der Waals surface area (Å²) in [7, 11) is 1.80. The fraction of sp³-hybridized carbons (Fsp3) is 0.136. The molecule has 0 amide bonds. The van der Waals surface area contributed by atoms with Gasteiger partial charge in [-0.05, 0) is 19.1 Å². The molecular formula is C22H18BrN5O2S. The van der Waals surface area contributed by atoms with Crippen LogP contribution in [-0.2, 0) is 4.74 Å². The minimum atomic E-state index is -0.485. The number of esters is 1. The highest BCUT2D eigenvalue weighted by atomic mass is 79.9. The van der Waals surface area contributed by atoms with Crippen LogP contribution < -0.4 is 4.90 Å². The Bertz CT molecular complexity index is 1200. The van der Waals surface area contributed by atoms with Crippen LogP contribution in [0.15, 0.2) is 65.3 Å². The fourth-order valence-electron chi connectivity index (χ4n) is 2.86. The first kappa shape index (κ1) is 21.1. The van der Waals surface area contributed by atoms with Gasteiger partial charge in [-0.25, -0.2) is 14.8 Å². The van der Waals surface area contributed by atoms with Crippen LogP contribution in [0, 0.1) is 0 Å². The van der Waals surface area contributed by atoms with E-state index >= 15 is 0 Å². The highest BCUT2D eigenvalue weighted by molar-refractivity contribution is 9.10. The molecule has 156 valence electrons. The molecule has 31 heavy (non-hydrogen) atoms. The topological polar surface area (TPSA) is 81.1 Å². The number of ether oxygens (including phenoxy) is 1. The van der Waals surface area contributed by atoms with E-state index in [2.05, 4.69) is 36.1 Å². The van der Waals surface area contributed by atoms with Crippen molar-refractivity contribution in [2.45, 2.75) is 6.92 Å². The third kappa shape index (κ3) is 4.62. The summed E-state index contributed by atoms with van der Waals surface area (Å²) >= 11 is 4.84. The zero-order valence-electron chi connectivity index (χ0n) is 16.8. The predicted octanol–water partition coefficient (Wildman–Crippen LogP) is 5.37. The number of carbonyl (C=O) groups is 1. The molecule has 2 aromatic carbocycles. The minimum absolute atomic E-state index is 0.259. The van der Waals surface area contributed by atoms with Crippen molar-refractivity contribution in [3.8, 4) is 22.0 Å². The number of rotatable bonds is 6. The van der Waals surface area contributed by atoms with Crippen molar-refractivity contribution >= 4 is 44.2 Å². The molecule has 0 saturated carbocycles. The van der Waals surface area contributed by atoms with Crippen LogP contribution in [-0.4, -0.2) is 39.8 Å². The van der Waals surface area contributed by atoms with Gasteiger partial charge in [-0.3, -0.25) is 0 Å². The zero-order valence-corrected chi connectivity index (χ0v) is 19.2. The third-order valence-electron chi connectivity index (χ3n) is 4.41. The summed E-state index contributed by atoms with van der Waals surface area (Å²) in [5.41, 5.74) is 2.07. The Morgan fingerprint density at radius 2 is 1.81 bits per heavy atom. The van der Waals surface area contributed by atoms with Crippen molar-refractivity contribution in [1.29, 1.82) is 0 Å². The lowest BCUT2D eigenvalue weighted by Crippen LogP contribution is -2.18. The van der Waals surface area contributed by atoms with E-state index in [1.807, 2.05) is 54.6 Å². The summed E-state index contributed by atoms with van der Waals surface area (Å²) < 4.78 is 6.20. The second-order valence-electron chi connectivity index (χ2n) is 6.47. The molecule has 2 aromatic heterocycles. The quantitative estimate of drug-likeness (QED) is 0.332. The molecule has 0 unspecified atom stereocenters. The number of anilines is 2. The van der Waals surface area contributed by atoms with Gasteiger partial charge in [-0.15, -0.1) is 10.2 Å². The van der Waals surface area contributed by atoms with Crippen LogP contribution in [0.1, 0.15) is 17.3 Å². The molecule has 0 bridgehead atoms. The standard InChI is InChI=1S/C22H18BrN5O2S/c1-3-30-21(29)17-13-24-18(14-7-5-4-6-8-14)25-19(17)28(2)22-27-26-20(31-22)15-9-11-16(23)12-10-15/h4-13H,3H2,1-2H3. The van der Waals surface area contributed by atoms with E-state index in [1.165, 1.54) is 17.5 Å². The van der Waals surface area contributed by atoms with Gasteiger partial charge in [-0.2, -0.15) is 0 Å². The number of nitrogens with zero attached hydrogens (tertiary/aromatic N) is 5. The summed E-state index contributed by atoms with van der Waals surface area (Å²) in [5.74, 6) is 0.431. The number of aromatic nitrogens is 4. The highest BCUT2D eigenvalue weighted by Gasteiger charge is 2.22. The smallest absolute Gasteiger partial charge is 0.343 e. The molecule has 0 saturated heterocycles. The maximum absolute atomic E-state index is 12.5. The Kier molecular flexibility index (Phi) is 6.34. The average molecular weight is 496 g/mol. The third-order valence-corrected chi connectivity index (χ3v) is 5.98. The van der Waals surface area contributed by atoms with Crippen LogP contribution in [0.4, 0.5) is 10.9 Å². The van der Waals surface area contributed by atoms with Gasteiger partial charge in [0.2, 0.25) is 5.13 Å². The number of carbonyl (C=O) groups excluding carboxylic acids is 1. The number of benzene rings is 2. The van der Waals surface area contributed by atoms with Gasteiger partial charge < -0.3 is 9.64 Å². The van der Waals surface area contributed by atoms with Crippen LogP contribution in [0.2, 0.25) is 0 Å². The first-order valence-electron chi connectivity index (χ1n) is 9.49. The SMILES string of the molecule is CCOC(=O)c1cnc(-c2ccccc2)nc1N(C)c1nnc(-c2ccc(Br)cc2)s1. The Labute approximate surface area is 191 Å². The van der Waals surface area contributed by atoms with E-state index in [1.54, 1.807) is 18.9 Å². The summed E-state index contributed by atoms with van der Waals surface area (Å²) in [4.78, 5) is 23.3. The minimum Gasteiger partial charge on any atom is -0.462 e. The molecule has 9 heteroatoms. The second kappa shape index (κ2) is 9.32. The Morgan fingerprint density at radius 3 is 2.52 bits per heavy atom. The van der Waals surface area contributed by atoms with E-state index in [0.717, 1.165) is 20.6 Å². The van der Waals surface area contributed by atoms with Crippen molar-refractivity contribution in [1.82, 2.24) is 20.2 Å². The van der Waals surface area contributed by atoms with Crippen LogP contribution >= 0.6 is 27.3 Å². The molecule has 7 nitrogen and oxygen atoms in total. The lowest BCUT2D eigenvalue weighted by atomic mass is 10.2. The van der Waals surface area contributed by atoms with Gasteiger partial charge in [-0.1, -0.05) is 69.7 Å². The predicted molar refractivity (Wildman–Crippen MR) is 125 cm³/mol. The second-order valence-corrected chi connectivity index (χ2v) is 8.34.